The number of carbonyl (C=O) groups excluding carboxylic acids is 1. The van der Waals surface area contributed by atoms with Crippen LogP contribution in [0.3, 0.4) is 0 Å². The highest BCUT2D eigenvalue weighted by Gasteiger charge is 2.23. The van der Waals surface area contributed by atoms with E-state index in [0.29, 0.717) is 11.6 Å². The monoisotopic (exact) mass is 424 g/mol. The first-order valence-electron chi connectivity index (χ1n) is 10.0. The molecule has 2 aromatic carbocycles. The minimum atomic E-state index is -0.235. The summed E-state index contributed by atoms with van der Waals surface area (Å²) < 4.78 is 5.64. The summed E-state index contributed by atoms with van der Waals surface area (Å²) in [5.74, 6) is 0.993. The third-order valence-electron chi connectivity index (χ3n) is 5.30. The predicted octanol–water partition coefficient (Wildman–Crippen LogP) is 4.26. The molecule has 0 bridgehead atoms. The number of aromatic nitrogens is 2. The Bertz CT molecular complexity index is 1030. The molecule has 0 aliphatic carbocycles. The lowest BCUT2D eigenvalue weighted by molar-refractivity contribution is -0.118. The van der Waals surface area contributed by atoms with Crippen molar-refractivity contribution in [3.05, 3.63) is 75.4 Å². The van der Waals surface area contributed by atoms with Crippen molar-refractivity contribution >= 4 is 23.3 Å². The van der Waals surface area contributed by atoms with E-state index in [-0.39, 0.29) is 12.5 Å². The van der Waals surface area contributed by atoms with Crippen molar-refractivity contribution in [2.24, 2.45) is 0 Å². The van der Waals surface area contributed by atoms with Crippen molar-refractivity contribution in [1.82, 2.24) is 15.1 Å². The highest BCUT2D eigenvalue weighted by Crippen LogP contribution is 2.27. The summed E-state index contributed by atoms with van der Waals surface area (Å²) in [7, 11) is 0. The number of hydrogen-bond acceptors (Lipinski definition) is 4. The van der Waals surface area contributed by atoms with Gasteiger partial charge in [-0.3, -0.25) is 14.8 Å². The summed E-state index contributed by atoms with van der Waals surface area (Å²) in [6.45, 7) is 6.35. The van der Waals surface area contributed by atoms with Gasteiger partial charge in [0.2, 0.25) is 0 Å². The number of ether oxygens (including phenoxy) is 1. The maximum atomic E-state index is 12.4. The highest BCUT2D eigenvalue weighted by atomic mass is 35.5. The molecule has 0 fully saturated rings. The minimum Gasteiger partial charge on any atom is -0.484 e. The number of aryl methyl sites for hydroxylation is 2. The van der Waals surface area contributed by atoms with E-state index in [4.69, 9.17) is 16.3 Å². The zero-order valence-electron chi connectivity index (χ0n) is 17.2. The second kappa shape index (κ2) is 8.90. The maximum Gasteiger partial charge on any atom is 0.263 e. The Morgan fingerprint density at radius 1 is 1.23 bits per heavy atom. The lowest BCUT2D eigenvalue weighted by atomic mass is 10.1. The third-order valence-corrected chi connectivity index (χ3v) is 5.90. The predicted molar refractivity (Wildman–Crippen MR) is 118 cm³/mol. The van der Waals surface area contributed by atoms with Crippen molar-refractivity contribution in [2.75, 3.05) is 18.5 Å². The molecule has 4 rings (SSSR count). The fraction of sp³-hybridized carbons (Fsp3) is 0.304. The molecule has 30 heavy (non-hydrogen) atoms. The Kier molecular flexibility index (Phi) is 6.06. The average molecular weight is 425 g/mol. The Morgan fingerprint density at radius 3 is 2.70 bits per heavy atom. The molecule has 0 saturated heterocycles. The molecule has 1 amide bonds. The maximum absolute atomic E-state index is 12.4. The van der Waals surface area contributed by atoms with E-state index in [0.717, 1.165) is 53.5 Å². The van der Waals surface area contributed by atoms with Crippen LogP contribution < -0.4 is 10.1 Å². The first-order valence-corrected chi connectivity index (χ1v) is 10.4. The van der Waals surface area contributed by atoms with Gasteiger partial charge in [0, 0.05) is 30.2 Å². The molecule has 2 N–H and O–H groups in total. The number of amides is 1. The summed E-state index contributed by atoms with van der Waals surface area (Å²) in [5.41, 5.74) is 5.27. The van der Waals surface area contributed by atoms with Gasteiger partial charge in [-0.25, -0.2) is 0 Å². The summed E-state index contributed by atoms with van der Waals surface area (Å²) in [6.07, 6.45) is 0.838. The van der Waals surface area contributed by atoms with Gasteiger partial charge < -0.3 is 10.1 Å². The van der Waals surface area contributed by atoms with E-state index in [9.17, 15) is 4.79 Å². The second-order valence-electron chi connectivity index (χ2n) is 7.68. The van der Waals surface area contributed by atoms with Crippen molar-refractivity contribution in [3.63, 3.8) is 0 Å². The Balaban J connectivity index is 1.34. The Morgan fingerprint density at radius 2 is 1.97 bits per heavy atom. The number of benzene rings is 2. The summed E-state index contributed by atoms with van der Waals surface area (Å²) in [5, 5.41) is 11.0. The quantitative estimate of drug-likeness (QED) is 0.620. The number of hydrogen-bond donors (Lipinski definition) is 2. The molecule has 3 aromatic rings. The molecule has 0 atom stereocenters. The van der Waals surface area contributed by atoms with Gasteiger partial charge in [-0.2, -0.15) is 5.10 Å². The van der Waals surface area contributed by atoms with E-state index >= 15 is 0 Å². The van der Waals surface area contributed by atoms with Crippen LogP contribution in [-0.4, -0.2) is 34.2 Å². The van der Waals surface area contributed by atoms with Crippen LogP contribution in [0.25, 0.3) is 0 Å². The molecule has 0 spiro atoms. The average Bonchev–Trinajstić information content (AvgIpc) is 3.13. The lowest BCUT2D eigenvalue weighted by Gasteiger charge is -2.26. The van der Waals surface area contributed by atoms with Gasteiger partial charge in [0.05, 0.1) is 5.69 Å². The van der Waals surface area contributed by atoms with Gasteiger partial charge in [0.25, 0.3) is 5.91 Å². The summed E-state index contributed by atoms with van der Waals surface area (Å²) in [6, 6.07) is 14.1. The first kappa shape index (κ1) is 20.4. The van der Waals surface area contributed by atoms with Crippen molar-refractivity contribution in [3.8, 4) is 5.75 Å². The molecule has 6 nitrogen and oxygen atoms in total. The molecule has 1 aliphatic rings. The number of rotatable bonds is 6. The van der Waals surface area contributed by atoms with E-state index in [1.807, 2.05) is 32.0 Å². The van der Waals surface area contributed by atoms with Gasteiger partial charge in [0.15, 0.2) is 12.4 Å². The zero-order valence-corrected chi connectivity index (χ0v) is 17.9. The SMILES string of the molecule is Cc1cc(OCC(=O)Nc2n[nH]c3c2CCN(Cc2ccccc2)C3)cc(C)c1Cl. The van der Waals surface area contributed by atoms with E-state index in [2.05, 4.69) is 44.7 Å². The molecule has 0 saturated carbocycles. The molecular weight excluding hydrogens is 400 g/mol. The summed E-state index contributed by atoms with van der Waals surface area (Å²) in [4.78, 5) is 14.8. The van der Waals surface area contributed by atoms with Crippen LogP contribution in [0, 0.1) is 13.8 Å². The molecular formula is C23H25ClN4O2. The van der Waals surface area contributed by atoms with Crippen LogP contribution in [-0.2, 0) is 24.3 Å². The highest BCUT2D eigenvalue weighted by molar-refractivity contribution is 6.32. The van der Waals surface area contributed by atoms with Crippen LogP contribution in [0.2, 0.25) is 5.02 Å². The smallest absolute Gasteiger partial charge is 0.263 e. The number of H-pyrrole nitrogens is 1. The normalized spacial score (nSPS) is 13.7. The van der Waals surface area contributed by atoms with Crippen LogP contribution in [0.1, 0.15) is 27.9 Å². The zero-order chi connectivity index (χ0) is 21.1. The van der Waals surface area contributed by atoms with Crippen molar-refractivity contribution < 1.29 is 9.53 Å². The van der Waals surface area contributed by atoms with Gasteiger partial charge in [-0.15, -0.1) is 0 Å². The molecule has 2 heterocycles. The fourth-order valence-electron chi connectivity index (χ4n) is 3.76. The van der Waals surface area contributed by atoms with Gasteiger partial charge in [0.1, 0.15) is 5.75 Å². The largest absolute Gasteiger partial charge is 0.484 e. The van der Waals surface area contributed by atoms with Crippen LogP contribution in [0.5, 0.6) is 5.75 Å². The number of fused-ring (bicyclic) bond motifs is 1. The number of carbonyl (C=O) groups is 1. The van der Waals surface area contributed by atoms with Crippen LogP contribution in [0.15, 0.2) is 42.5 Å². The minimum absolute atomic E-state index is 0.0811. The van der Waals surface area contributed by atoms with E-state index in [1.54, 1.807) is 0 Å². The van der Waals surface area contributed by atoms with Crippen molar-refractivity contribution in [1.29, 1.82) is 0 Å². The molecule has 0 unspecified atom stereocenters. The number of aromatic amines is 1. The van der Waals surface area contributed by atoms with Gasteiger partial charge in [-0.05, 0) is 49.1 Å². The molecule has 1 aliphatic heterocycles. The van der Waals surface area contributed by atoms with Crippen molar-refractivity contribution in [2.45, 2.75) is 33.4 Å². The van der Waals surface area contributed by atoms with E-state index in [1.165, 1.54) is 5.56 Å². The van der Waals surface area contributed by atoms with Crippen LogP contribution >= 0.6 is 11.6 Å². The van der Waals surface area contributed by atoms with Gasteiger partial charge in [-0.1, -0.05) is 41.9 Å². The molecule has 7 heteroatoms. The first-order chi connectivity index (χ1) is 14.5. The Labute approximate surface area is 181 Å². The molecule has 0 radical (unpaired) electrons. The number of halogens is 1. The molecule has 156 valence electrons. The Hall–Kier alpha value is -2.83. The topological polar surface area (TPSA) is 70.2 Å². The standard InChI is InChI=1S/C23H25ClN4O2/c1-15-10-18(11-16(2)22(15)24)30-14-21(29)25-23-19-8-9-28(13-20(19)26-27-23)12-17-6-4-3-5-7-17/h3-7,10-11H,8-9,12-14H2,1-2H3,(H2,25,26,27,29). The lowest BCUT2D eigenvalue weighted by Crippen LogP contribution is -2.30. The third kappa shape index (κ3) is 4.66. The number of nitrogens with one attached hydrogen (secondary N) is 2. The molecule has 1 aromatic heterocycles. The van der Waals surface area contributed by atoms with Crippen LogP contribution in [0.4, 0.5) is 5.82 Å². The van der Waals surface area contributed by atoms with E-state index < -0.39 is 0 Å². The fourth-order valence-corrected chi connectivity index (χ4v) is 3.87. The second-order valence-corrected chi connectivity index (χ2v) is 8.06. The number of nitrogens with zero attached hydrogens (tertiary/aromatic N) is 2. The summed E-state index contributed by atoms with van der Waals surface area (Å²) >= 11 is 6.18. The van der Waals surface area contributed by atoms with Gasteiger partial charge >= 0.3 is 0 Å². The number of anilines is 1.